The van der Waals surface area contributed by atoms with Crippen molar-refractivity contribution < 1.29 is 4.79 Å². The van der Waals surface area contributed by atoms with Crippen molar-refractivity contribution >= 4 is 5.91 Å². The molecule has 3 heteroatoms. The van der Waals surface area contributed by atoms with Gasteiger partial charge in [-0.05, 0) is 31.7 Å². The molecule has 0 aliphatic heterocycles. The molecule has 0 aromatic heterocycles. The van der Waals surface area contributed by atoms with Crippen LogP contribution in [-0.2, 0) is 4.79 Å². The summed E-state index contributed by atoms with van der Waals surface area (Å²) in [5.41, 5.74) is 5.44. The molecule has 1 saturated carbocycles. The highest BCUT2D eigenvalue weighted by atomic mass is 16.2. The molecule has 88 valence electrons. The number of carbonyl (C=O) groups excluding carboxylic acids is 1. The van der Waals surface area contributed by atoms with Crippen LogP contribution in [0, 0.1) is 11.3 Å². The highest BCUT2D eigenvalue weighted by molar-refractivity contribution is 5.82. The maximum atomic E-state index is 12.0. The molecule has 0 aromatic carbocycles. The molecule has 1 fully saturated rings. The summed E-state index contributed by atoms with van der Waals surface area (Å²) < 4.78 is 0. The van der Waals surface area contributed by atoms with E-state index in [1.54, 1.807) is 0 Å². The smallest absolute Gasteiger partial charge is 0.225 e. The van der Waals surface area contributed by atoms with Crippen LogP contribution in [0.3, 0.4) is 0 Å². The minimum atomic E-state index is -0.248. The second-order valence-electron chi connectivity index (χ2n) is 5.24. The molecule has 0 radical (unpaired) electrons. The van der Waals surface area contributed by atoms with Crippen LogP contribution >= 0.6 is 0 Å². The molecule has 1 rings (SSSR count). The predicted octanol–water partition coefficient (Wildman–Crippen LogP) is 1.67. The van der Waals surface area contributed by atoms with E-state index in [9.17, 15) is 4.79 Å². The van der Waals surface area contributed by atoms with Gasteiger partial charge in [-0.2, -0.15) is 0 Å². The summed E-state index contributed by atoms with van der Waals surface area (Å²) in [5, 5.41) is 3.15. The van der Waals surface area contributed by atoms with Crippen LogP contribution < -0.4 is 11.1 Å². The van der Waals surface area contributed by atoms with Crippen LogP contribution in [0.5, 0.6) is 0 Å². The molecule has 0 spiro atoms. The lowest BCUT2D eigenvalue weighted by Gasteiger charge is -2.27. The predicted molar refractivity (Wildman–Crippen MR) is 62.4 cm³/mol. The Bertz CT molecular complexity index is 226. The molecule has 3 N–H and O–H groups in total. The molecular weight excluding hydrogens is 188 g/mol. The molecule has 2 unspecified atom stereocenters. The number of amides is 1. The zero-order valence-corrected chi connectivity index (χ0v) is 10.2. The fraction of sp³-hybridized carbons (Fsp3) is 0.917. The summed E-state index contributed by atoms with van der Waals surface area (Å²) in [6, 6.07) is 0.313. The summed E-state index contributed by atoms with van der Waals surface area (Å²) in [5.74, 6) is 0.664. The Balaban J connectivity index is 2.51. The second-order valence-corrected chi connectivity index (χ2v) is 5.24. The quantitative estimate of drug-likeness (QED) is 0.744. The Morgan fingerprint density at radius 2 is 2.13 bits per heavy atom. The van der Waals surface area contributed by atoms with Crippen LogP contribution in [0.25, 0.3) is 0 Å². The third-order valence-corrected chi connectivity index (χ3v) is 3.78. The number of hydrogen-bond acceptors (Lipinski definition) is 2. The highest BCUT2D eigenvalue weighted by Crippen LogP contribution is 2.27. The summed E-state index contributed by atoms with van der Waals surface area (Å²) >= 11 is 0. The normalized spacial score (nSPS) is 26.7. The molecule has 3 nitrogen and oxygen atoms in total. The van der Waals surface area contributed by atoms with Gasteiger partial charge in [0, 0.05) is 11.5 Å². The molecule has 2 atom stereocenters. The van der Waals surface area contributed by atoms with Gasteiger partial charge < -0.3 is 11.1 Å². The van der Waals surface area contributed by atoms with E-state index in [-0.39, 0.29) is 11.3 Å². The number of nitrogens with one attached hydrogen (secondary N) is 1. The van der Waals surface area contributed by atoms with Crippen molar-refractivity contribution in [3.63, 3.8) is 0 Å². The van der Waals surface area contributed by atoms with Crippen molar-refractivity contribution in [2.75, 3.05) is 6.54 Å². The third-order valence-electron chi connectivity index (χ3n) is 3.78. The number of nitrogens with two attached hydrogens (primary N) is 1. The Labute approximate surface area is 92.8 Å². The van der Waals surface area contributed by atoms with E-state index in [1.807, 2.05) is 13.8 Å². The molecule has 1 aliphatic carbocycles. The van der Waals surface area contributed by atoms with E-state index in [2.05, 4.69) is 12.2 Å². The van der Waals surface area contributed by atoms with Gasteiger partial charge in [-0.15, -0.1) is 0 Å². The first kappa shape index (κ1) is 12.5. The average Bonchev–Trinajstić information content (AvgIpc) is 2.65. The van der Waals surface area contributed by atoms with Gasteiger partial charge in [0.1, 0.15) is 0 Å². The lowest BCUT2D eigenvalue weighted by molar-refractivity contribution is -0.130. The molecule has 1 aliphatic rings. The molecule has 0 heterocycles. The van der Waals surface area contributed by atoms with Crippen molar-refractivity contribution in [2.24, 2.45) is 17.1 Å². The number of rotatable bonds is 4. The van der Waals surface area contributed by atoms with Gasteiger partial charge in [-0.1, -0.05) is 27.2 Å². The van der Waals surface area contributed by atoms with Crippen molar-refractivity contribution in [1.82, 2.24) is 5.32 Å². The zero-order chi connectivity index (χ0) is 11.5. The molecule has 1 amide bonds. The SMILES string of the molecule is CCC(C)(C)C(=O)NC1CCCC1CN. The van der Waals surface area contributed by atoms with Crippen LogP contribution in [0.1, 0.15) is 46.5 Å². The second kappa shape index (κ2) is 4.97. The van der Waals surface area contributed by atoms with Crippen LogP contribution in [0.15, 0.2) is 0 Å². The van der Waals surface area contributed by atoms with E-state index in [1.165, 1.54) is 6.42 Å². The molecule has 0 bridgehead atoms. The lowest BCUT2D eigenvalue weighted by Crippen LogP contribution is -2.45. The largest absolute Gasteiger partial charge is 0.353 e. The Hall–Kier alpha value is -0.570. The summed E-state index contributed by atoms with van der Waals surface area (Å²) in [6.45, 7) is 6.73. The Morgan fingerprint density at radius 1 is 1.47 bits per heavy atom. The Morgan fingerprint density at radius 3 is 2.67 bits per heavy atom. The summed E-state index contributed by atoms with van der Waals surface area (Å²) in [4.78, 5) is 12.0. The topological polar surface area (TPSA) is 55.1 Å². The van der Waals surface area contributed by atoms with E-state index < -0.39 is 0 Å². The van der Waals surface area contributed by atoms with E-state index in [0.29, 0.717) is 18.5 Å². The van der Waals surface area contributed by atoms with Gasteiger partial charge in [0.15, 0.2) is 0 Å². The highest BCUT2D eigenvalue weighted by Gasteiger charge is 2.32. The maximum Gasteiger partial charge on any atom is 0.225 e. The molecular formula is C12H24N2O. The van der Waals surface area contributed by atoms with Crippen LogP contribution in [0.4, 0.5) is 0 Å². The maximum absolute atomic E-state index is 12.0. The van der Waals surface area contributed by atoms with Crippen molar-refractivity contribution in [3.8, 4) is 0 Å². The van der Waals surface area contributed by atoms with Crippen LogP contribution in [-0.4, -0.2) is 18.5 Å². The molecule has 0 aromatic rings. The first-order valence-corrected chi connectivity index (χ1v) is 6.02. The third kappa shape index (κ3) is 2.94. The first-order valence-electron chi connectivity index (χ1n) is 6.02. The van der Waals surface area contributed by atoms with Gasteiger partial charge in [-0.3, -0.25) is 4.79 Å². The first-order chi connectivity index (χ1) is 7.01. The van der Waals surface area contributed by atoms with Gasteiger partial charge >= 0.3 is 0 Å². The van der Waals surface area contributed by atoms with Crippen molar-refractivity contribution in [1.29, 1.82) is 0 Å². The number of hydrogen-bond donors (Lipinski definition) is 2. The van der Waals surface area contributed by atoms with Crippen molar-refractivity contribution in [3.05, 3.63) is 0 Å². The zero-order valence-electron chi connectivity index (χ0n) is 10.2. The summed E-state index contributed by atoms with van der Waals surface area (Å²) in [7, 11) is 0. The van der Waals surface area contributed by atoms with Crippen molar-refractivity contribution in [2.45, 2.75) is 52.5 Å². The Kier molecular flexibility index (Phi) is 4.14. The minimum Gasteiger partial charge on any atom is -0.353 e. The number of carbonyl (C=O) groups is 1. The van der Waals surface area contributed by atoms with Gasteiger partial charge in [0.2, 0.25) is 5.91 Å². The van der Waals surface area contributed by atoms with Gasteiger partial charge in [0.05, 0.1) is 0 Å². The van der Waals surface area contributed by atoms with E-state index >= 15 is 0 Å². The lowest BCUT2D eigenvalue weighted by atomic mass is 9.88. The van der Waals surface area contributed by atoms with E-state index in [0.717, 1.165) is 19.3 Å². The fourth-order valence-electron chi connectivity index (χ4n) is 2.03. The average molecular weight is 212 g/mol. The van der Waals surface area contributed by atoms with Crippen LogP contribution in [0.2, 0.25) is 0 Å². The summed E-state index contributed by atoms with van der Waals surface area (Å²) in [6.07, 6.45) is 4.32. The van der Waals surface area contributed by atoms with Gasteiger partial charge in [0.25, 0.3) is 0 Å². The molecule has 0 saturated heterocycles. The minimum absolute atomic E-state index is 0.176. The standard InChI is InChI=1S/C12H24N2O/c1-4-12(2,3)11(15)14-10-7-5-6-9(10)8-13/h9-10H,4-8,13H2,1-3H3,(H,14,15). The monoisotopic (exact) mass is 212 g/mol. The van der Waals surface area contributed by atoms with Gasteiger partial charge in [-0.25, -0.2) is 0 Å². The fourth-order valence-corrected chi connectivity index (χ4v) is 2.03. The molecule has 15 heavy (non-hydrogen) atoms. The van der Waals surface area contributed by atoms with E-state index in [4.69, 9.17) is 5.73 Å².